The Bertz CT molecular complexity index is 870. The first-order valence-corrected chi connectivity index (χ1v) is 9.87. The third kappa shape index (κ3) is 5.46. The van der Waals surface area contributed by atoms with E-state index in [1.807, 2.05) is 66.7 Å². The highest BCUT2D eigenvalue weighted by Gasteiger charge is 2.12. The minimum atomic E-state index is -0.377. The molecule has 0 aliphatic heterocycles. The second-order valence-electron chi connectivity index (χ2n) is 6.69. The predicted molar refractivity (Wildman–Crippen MR) is 113 cm³/mol. The van der Waals surface area contributed by atoms with Crippen molar-refractivity contribution in [2.24, 2.45) is 0 Å². The maximum atomic E-state index is 12.6. The van der Waals surface area contributed by atoms with Crippen LogP contribution in [-0.4, -0.2) is 12.6 Å². The van der Waals surface area contributed by atoms with Gasteiger partial charge in [-0.3, -0.25) is 0 Å². The van der Waals surface area contributed by atoms with Crippen LogP contribution in [-0.2, 0) is 0 Å². The van der Waals surface area contributed by atoms with E-state index in [0.717, 1.165) is 23.3 Å². The molecule has 28 heavy (non-hydrogen) atoms. The Kier molecular flexibility index (Phi) is 7.25. The molecule has 0 fully saturated rings. The van der Waals surface area contributed by atoms with Crippen LogP contribution >= 0.6 is 0 Å². The highest BCUT2D eigenvalue weighted by Crippen LogP contribution is 2.30. The average molecular weight is 374 g/mol. The Morgan fingerprint density at radius 2 is 1.50 bits per heavy atom. The molecule has 0 aliphatic carbocycles. The van der Waals surface area contributed by atoms with Gasteiger partial charge >= 0.3 is 5.97 Å². The molecule has 0 aromatic heterocycles. The summed E-state index contributed by atoms with van der Waals surface area (Å²) in [6, 6.07) is 24.6. The zero-order chi connectivity index (χ0) is 19.6. The molecule has 3 nitrogen and oxygen atoms in total. The van der Waals surface area contributed by atoms with Crippen LogP contribution in [0.4, 0.5) is 0 Å². The third-order valence-electron chi connectivity index (χ3n) is 4.53. The standard InChI is InChI=1S/C25H26O3/c1-2-3-4-10-19-27-22-17-15-21(16-18-22)25(26)28-24-14-9-8-13-23(24)20-11-6-5-7-12-20/h5-9,11-18H,2-4,10,19H2,1H3. The Morgan fingerprint density at radius 1 is 0.786 bits per heavy atom. The van der Waals surface area contributed by atoms with Crippen LogP contribution in [0.1, 0.15) is 43.0 Å². The minimum Gasteiger partial charge on any atom is -0.494 e. The summed E-state index contributed by atoms with van der Waals surface area (Å²) in [4.78, 5) is 12.6. The Balaban J connectivity index is 1.63. The fraction of sp³-hybridized carbons (Fsp3) is 0.240. The van der Waals surface area contributed by atoms with Gasteiger partial charge in [0.05, 0.1) is 12.2 Å². The molecule has 3 aromatic carbocycles. The van der Waals surface area contributed by atoms with Crippen LogP contribution in [0.3, 0.4) is 0 Å². The molecule has 3 rings (SSSR count). The van der Waals surface area contributed by atoms with Gasteiger partial charge in [0.15, 0.2) is 0 Å². The fourth-order valence-electron chi connectivity index (χ4n) is 2.98. The summed E-state index contributed by atoms with van der Waals surface area (Å²) in [5.74, 6) is 0.950. The Labute approximate surface area is 166 Å². The SMILES string of the molecule is CCCCCCOc1ccc(C(=O)Oc2ccccc2-c2ccccc2)cc1. The van der Waals surface area contributed by atoms with Gasteiger partial charge in [-0.25, -0.2) is 4.79 Å². The highest BCUT2D eigenvalue weighted by molar-refractivity contribution is 5.92. The maximum absolute atomic E-state index is 12.6. The van der Waals surface area contributed by atoms with E-state index in [4.69, 9.17) is 9.47 Å². The van der Waals surface area contributed by atoms with E-state index in [-0.39, 0.29) is 5.97 Å². The topological polar surface area (TPSA) is 35.5 Å². The number of hydrogen-bond acceptors (Lipinski definition) is 3. The summed E-state index contributed by atoms with van der Waals surface area (Å²) in [5.41, 5.74) is 2.41. The smallest absolute Gasteiger partial charge is 0.343 e. The number of ether oxygens (including phenoxy) is 2. The van der Waals surface area contributed by atoms with Crippen molar-refractivity contribution in [3.63, 3.8) is 0 Å². The number of carbonyl (C=O) groups is 1. The van der Waals surface area contributed by atoms with Gasteiger partial charge < -0.3 is 9.47 Å². The summed E-state index contributed by atoms with van der Waals surface area (Å²) in [6.07, 6.45) is 4.68. The van der Waals surface area contributed by atoms with Crippen LogP contribution in [0.5, 0.6) is 11.5 Å². The first-order chi connectivity index (χ1) is 13.8. The van der Waals surface area contributed by atoms with E-state index < -0.39 is 0 Å². The lowest BCUT2D eigenvalue weighted by Gasteiger charge is -2.11. The van der Waals surface area contributed by atoms with E-state index in [1.54, 1.807) is 12.1 Å². The average Bonchev–Trinajstić information content (AvgIpc) is 2.75. The molecule has 0 saturated heterocycles. The molecular weight excluding hydrogens is 348 g/mol. The van der Waals surface area contributed by atoms with Crippen LogP contribution < -0.4 is 9.47 Å². The number of benzene rings is 3. The summed E-state index contributed by atoms with van der Waals surface area (Å²) in [5, 5.41) is 0. The van der Waals surface area contributed by atoms with Gasteiger partial charge in [-0.15, -0.1) is 0 Å². The maximum Gasteiger partial charge on any atom is 0.343 e. The highest BCUT2D eigenvalue weighted by atomic mass is 16.5. The van der Waals surface area contributed by atoms with Crippen molar-refractivity contribution >= 4 is 5.97 Å². The van der Waals surface area contributed by atoms with Gasteiger partial charge in [-0.1, -0.05) is 74.7 Å². The number of unbranched alkanes of at least 4 members (excludes halogenated alkanes) is 3. The van der Waals surface area contributed by atoms with Crippen molar-refractivity contribution in [1.82, 2.24) is 0 Å². The molecule has 0 saturated carbocycles. The van der Waals surface area contributed by atoms with Crippen LogP contribution in [0.2, 0.25) is 0 Å². The van der Waals surface area contributed by atoms with Crippen LogP contribution in [0.25, 0.3) is 11.1 Å². The second kappa shape index (κ2) is 10.3. The molecule has 144 valence electrons. The van der Waals surface area contributed by atoms with Gasteiger partial charge in [-0.05, 0) is 42.3 Å². The first-order valence-electron chi connectivity index (χ1n) is 9.87. The molecule has 0 atom stereocenters. The summed E-state index contributed by atoms with van der Waals surface area (Å²) >= 11 is 0. The van der Waals surface area contributed by atoms with Gasteiger partial charge in [0.2, 0.25) is 0 Å². The molecule has 0 heterocycles. The quantitative estimate of drug-likeness (QED) is 0.243. The summed E-state index contributed by atoms with van der Waals surface area (Å²) in [6.45, 7) is 2.89. The molecule has 0 bridgehead atoms. The zero-order valence-corrected chi connectivity index (χ0v) is 16.3. The lowest BCUT2D eigenvalue weighted by molar-refractivity contribution is 0.0735. The van der Waals surface area contributed by atoms with Gasteiger partial charge in [0, 0.05) is 5.56 Å². The first kappa shape index (κ1) is 19.7. The van der Waals surface area contributed by atoms with Crippen molar-refractivity contribution in [1.29, 1.82) is 0 Å². The number of esters is 1. The van der Waals surface area contributed by atoms with E-state index in [0.29, 0.717) is 17.9 Å². The normalized spacial score (nSPS) is 10.5. The van der Waals surface area contributed by atoms with E-state index in [1.165, 1.54) is 19.3 Å². The number of para-hydroxylation sites is 1. The molecule has 0 aliphatic rings. The molecule has 3 aromatic rings. The molecule has 0 N–H and O–H groups in total. The predicted octanol–water partition coefficient (Wildman–Crippen LogP) is 6.53. The third-order valence-corrected chi connectivity index (χ3v) is 4.53. The molecule has 0 spiro atoms. The molecule has 0 amide bonds. The minimum absolute atomic E-state index is 0.377. The monoisotopic (exact) mass is 374 g/mol. The second-order valence-corrected chi connectivity index (χ2v) is 6.69. The lowest BCUT2D eigenvalue weighted by atomic mass is 10.0. The molecule has 0 unspecified atom stereocenters. The fourth-order valence-corrected chi connectivity index (χ4v) is 2.98. The van der Waals surface area contributed by atoms with Crippen LogP contribution in [0, 0.1) is 0 Å². The van der Waals surface area contributed by atoms with Crippen molar-refractivity contribution in [2.75, 3.05) is 6.61 Å². The van der Waals surface area contributed by atoms with Crippen molar-refractivity contribution < 1.29 is 14.3 Å². The van der Waals surface area contributed by atoms with Crippen molar-refractivity contribution in [3.05, 3.63) is 84.4 Å². The van der Waals surface area contributed by atoms with Gasteiger partial charge in [-0.2, -0.15) is 0 Å². The van der Waals surface area contributed by atoms with Crippen molar-refractivity contribution in [2.45, 2.75) is 32.6 Å². The number of hydrogen-bond donors (Lipinski definition) is 0. The summed E-state index contributed by atoms with van der Waals surface area (Å²) in [7, 11) is 0. The lowest BCUT2D eigenvalue weighted by Crippen LogP contribution is -2.09. The van der Waals surface area contributed by atoms with Crippen LogP contribution in [0.15, 0.2) is 78.9 Å². The largest absolute Gasteiger partial charge is 0.494 e. The Hall–Kier alpha value is -3.07. The van der Waals surface area contributed by atoms with Gasteiger partial charge in [0.1, 0.15) is 11.5 Å². The van der Waals surface area contributed by atoms with E-state index in [9.17, 15) is 4.79 Å². The molecular formula is C25H26O3. The number of carbonyl (C=O) groups excluding carboxylic acids is 1. The molecule has 3 heteroatoms. The van der Waals surface area contributed by atoms with Crippen molar-refractivity contribution in [3.8, 4) is 22.6 Å². The number of rotatable bonds is 9. The van der Waals surface area contributed by atoms with E-state index in [2.05, 4.69) is 6.92 Å². The van der Waals surface area contributed by atoms with E-state index >= 15 is 0 Å². The van der Waals surface area contributed by atoms with Gasteiger partial charge in [0.25, 0.3) is 0 Å². The Morgan fingerprint density at radius 3 is 2.25 bits per heavy atom. The zero-order valence-electron chi connectivity index (χ0n) is 16.3. The summed E-state index contributed by atoms with van der Waals surface area (Å²) < 4.78 is 11.4. The molecule has 0 radical (unpaired) electrons.